The molecule has 0 aliphatic carbocycles. The van der Waals surface area contributed by atoms with Crippen LogP contribution in [0.2, 0.25) is 0 Å². The fourth-order valence-electron chi connectivity index (χ4n) is 4.71. The fourth-order valence-corrected chi connectivity index (χ4v) is 5.75. The van der Waals surface area contributed by atoms with Crippen LogP contribution < -0.4 is 10.9 Å². The van der Waals surface area contributed by atoms with Gasteiger partial charge in [0.15, 0.2) is 4.83 Å². The maximum absolute atomic E-state index is 14.0. The Bertz CT molecular complexity index is 1600. The lowest BCUT2D eigenvalue weighted by atomic mass is 10.1. The molecular formula is C31H36BrN5O4S. The quantitative estimate of drug-likeness (QED) is 0.196. The zero-order chi connectivity index (χ0) is 30.4. The number of fused-ring (bicyclic) bond motifs is 1. The van der Waals surface area contributed by atoms with E-state index in [1.807, 2.05) is 56.3 Å². The molecule has 4 rings (SSSR count). The number of ether oxygens (including phenoxy) is 1. The Labute approximate surface area is 258 Å². The van der Waals surface area contributed by atoms with E-state index in [1.54, 1.807) is 42.4 Å². The van der Waals surface area contributed by atoms with Crippen molar-refractivity contribution in [1.29, 1.82) is 0 Å². The SMILES string of the molecule is CCC(c1nc2snc(C)c2c(=O)n1Cc1ccccc1)N(CCCNC(=O)OC(C)(C)C)C(=O)c1ccc(Br)cc1. The molecule has 11 heteroatoms. The van der Waals surface area contributed by atoms with Gasteiger partial charge in [-0.05, 0) is 81.9 Å². The van der Waals surface area contributed by atoms with Crippen molar-refractivity contribution in [3.63, 3.8) is 0 Å². The highest BCUT2D eigenvalue weighted by Crippen LogP contribution is 2.28. The molecule has 9 nitrogen and oxygen atoms in total. The topological polar surface area (TPSA) is 106 Å². The molecule has 2 aromatic heterocycles. The van der Waals surface area contributed by atoms with Crippen molar-refractivity contribution in [2.45, 2.75) is 65.6 Å². The maximum Gasteiger partial charge on any atom is 0.407 e. The van der Waals surface area contributed by atoms with Crippen LogP contribution >= 0.6 is 27.5 Å². The van der Waals surface area contributed by atoms with E-state index in [0.29, 0.717) is 59.8 Å². The molecule has 1 unspecified atom stereocenters. The van der Waals surface area contributed by atoms with Gasteiger partial charge in [0.05, 0.1) is 23.7 Å². The number of rotatable bonds is 10. The van der Waals surface area contributed by atoms with Gasteiger partial charge in [-0.2, -0.15) is 4.37 Å². The molecule has 2 aromatic carbocycles. The Hall–Kier alpha value is -3.57. The molecule has 42 heavy (non-hydrogen) atoms. The monoisotopic (exact) mass is 653 g/mol. The van der Waals surface area contributed by atoms with Crippen LogP contribution in [0.25, 0.3) is 10.2 Å². The maximum atomic E-state index is 14.0. The first-order chi connectivity index (χ1) is 20.0. The summed E-state index contributed by atoms with van der Waals surface area (Å²) in [7, 11) is 0. The molecule has 2 heterocycles. The third-order valence-corrected chi connectivity index (χ3v) is 8.00. The van der Waals surface area contributed by atoms with E-state index >= 15 is 0 Å². The van der Waals surface area contributed by atoms with Crippen LogP contribution in [0.3, 0.4) is 0 Å². The lowest BCUT2D eigenvalue weighted by molar-refractivity contribution is 0.0523. The van der Waals surface area contributed by atoms with Crippen molar-refractivity contribution in [3.05, 3.63) is 92.1 Å². The number of hydrogen-bond donors (Lipinski definition) is 1. The summed E-state index contributed by atoms with van der Waals surface area (Å²) in [6, 6.07) is 16.4. The Morgan fingerprint density at radius 2 is 1.81 bits per heavy atom. The first-order valence-corrected chi connectivity index (χ1v) is 15.5. The summed E-state index contributed by atoms with van der Waals surface area (Å²) in [6.07, 6.45) is 0.486. The molecule has 0 saturated heterocycles. The minimum atomic E-state index is -0.608. The number of nitrogens with zero attached hydrogens (tertiary/aromatic N) is 4. The van der Waals surface area contributed by atoms with Gasteiger partial charge in [0.25, 0.3) is 11.5 Å². The Morgan fingerprint density at radius 3 is 2.45 bits per heavy atom. The van der Waals surface area contributed by atoms with Crippen molar-refractivity contribution in [1.82, 2.24) is 24.1 Å². The Balaban J connectivity index is 1.73. The second kappa shape index (κ2) is 13.6. The van der Waals surface area contributed by atoms with Crippen LogP contribution in [0.1, 0.15) is 74.0 Å². The van der Waals surface area contributed by atoms with E-state index in [0.717, 1.165) is 10.0 Å². The average Bonchev–Trinajstić information content (AvgIpc) is 3.32. The van der Waals surface area contributed by atoms with E-state index < -0.39 is 17.7 Å². The molecule has 0 saturated carbocycles. The molecule has 0 radical (unpaired) electrons. The molecule has 2 amide bonds. The second-order valence-corrected chi connectivity index (χ2v) is 12.7. The minimum absolute atomic E-state index is 0.175. The van der Waals surface area contributed by atoms with Gasteiger partial charge in [0.2, 0.25) is 0 Å². The predicted octanol–water partition coefficient (Wildman–Crippen LogP) is 6.48. The van der Waals surface area contributed by atoms with E-state index in [2.05, 4.69) is 25.6 Å². The van der Waals surface area contributed by atoms with Gasteiger partial charge >= 0.3 is 6.09 Å². The Kier molecular flexibility index (Phi) is 10.2. The summed E-state index contributed by atoms with van der Waals surface area (Å²) >= 11 is 4.63. The second-order valence-electron chi connectivity index (χ2n) is 11.0. The van der Waals surface area contributed by atoms with Gasteiger partial charge in [0.1, 0.15) is 11.4 Å². The summed E-state index contributed by atoms with van der Waals surface area (Å²) < 4.78 is 12.3. The summed E-state index contributed by atoms with van der Waals surface area (Å²) in [5, 5.41) is 3.28. The molecule has 222 valence electrons. The zero-order valence-electron chi connectivity index (χ0n) is 24.5. The van der Waals surface area contributed by atoms with Crippen molar-refractivity contribution in [3.8, 4) is 0 Å². The number of carbonyl (C=O) groups excluding carboxylic acids is 2. The van der Waals surface area contributed by atoms with Crippen LogP contribution in [-0.4, -0.2) is 49.5 Å². The van der Waals surface area contributed by atoms with Crippen LogP contribution in [0.4, 0.5) is 4.79 Å². The van der Waals surface area contributed by atoms with Crippen molar-refractivity contribution in [2.24, 2.45) is 0 Å². The third kappa shape index (κ3) is 7.63. The first-order valence-electron chi connectivity index (χ1n) is 13.9. The number of alkyl carbamates (subject to hydrolysis) is 1. The predicted molar refractivity (Wildman–Crippen MR) is 169 cm³/mol. The first kappa shape index (κ1) is 31.4. The molecular weight excluding hydrogens is 618 g/mol. The molecule has 1 N–H and O–H groups in total. The summed E-state index contributed by atoms with van der Waals surface area (Å²) in [6.45, 7) is 10.2. The number of nitrogens with one attached hydrogen (secondary N) is 1. The number of carbonyl (C=O) groups is 2. The number of hydrogen-bond acceptors (Lipinski definition) is 7. The Morgan fingerprint density at radius 1 is 1.12 bits per heavy atom. The highest BCUT2D eigenvalue weighted by Gasteiger charge is 2.30. The van der Waals surface area contributed by atoms with Gasteiger partial charge in [-0.15, -0.1) is 0 Å². The molecule has 1 atom stereocenters. The molecule has 0 bridgehead atoms. The number of aromatic nitrogens is 3. The summed E-state index contributed by atoms with van der Waals surface area (Å²) in [5.74, 6) is 0.320. The normalized spacial score (nSPS) is 12.2. The van der Waals surface area contributed by atoms with Gasteiger partial charge in [-0.3, -0.25) is 14.2 Å². The fraction of sp³-hybridized carbons (Fsp3) is 0.387. The highest BCUT2D eigenvalue weighted by molar-refractivity contribution is 9.10. The van der Waals surface area contributed by atoms with Crippen LogP contribution in [0.5, 0.6) is 0 Å². The van der Waals surface area contributed by atoms with Gasteiger partial charge < -0.3 is 15.0 Å². The lowest BCUT2D eigenvalue weighted by Gasteiger charge is -2.32. The summed E-state index contributed by atoms with van der Waals surface area (Å²) in [4.78, 5) is 47.4. The van der Waals surface area contributed by atoms with Gasteiger partial charge in [-0.25, -0.2) is 9.78 Å². The largest absolute Gasteiger partial charge is 0.444 e. The summed E-state index contributed by atoms with van der Waals surface area (Å²) in [5.41, 5.74) is 1.33. The van der Waals surface area contributed by atoms with E-state index in [1.165, 1.54) is 11.5 Å². The van der Waals surface area contributed by atoms with Gasteiger partial charge in [-0.1, -0.05) is 53.2 Å². The van der Waals surface area contributed by atoms with E-state index in [4.69, 9.17) is 9.72 Å². The number of halogens is 1. The molecule has 0 spiro atoms. The van der Waals surface area contributed by atoms with Crippen LogP contribution in [0, 0.1) is 6.92 Å². The lowest BCUT2D eigenvalue weighted by Crippen LogP contribution is -2.41. The van der Waals surface area contributed by atoms with E-state index in [9.17, 15) is 14.4 Å². The zero-order valence-corrected chi connectivity index (χ0v) is 26.9. The molecule has 0 aliphatic rings. The number of aryl methyl sites for hydroxylation is 1. The van der Waals surface area contributed by atoms with Crippen molar-refractivity contribution in [2.75, 3.05) is 13.1 Å². The van der Waals surface area contributed by atoms with Crippen molar-refractivity contribution < 1.29 is 14.3 Å². The highest BCUT2D eigenvalue weighted by atomic mass is 79.9. The average molecular weight is 655 g/mol. The van der Waals surface area contributed by atoms with Crippen molar-refractivity contribution >= 4 is 49.7 Å². The van der Waals surface area contributed by atoms with E-state index in [-0.39, 0.29) is 11.5 Å². The van der Waals surface area contributed by atoms with Crippen LogP contribution in [0.15, 0.2) is 63.9 Å². The molecule has 4 aromatic rings. The molecule has 0 fully saturated rings. The van der Waals surface area contributed by atoms with Gasteiger partial charge in [0, 0.05) is 23.1 Å². The standard InChI is InChI=1S/C31H36BrN5O4S/c1-6-24(26-34-27-25(20(2)35-42-27)29(39)37(26)19-21-11-8-7-9-12-21)36(28(38)22-13-15-23(32)16-14-22)18-10-17-33-30(40)41-31(3,4)5/h7-9,11-16,24H,6,10,17-19H2,1-5H3,(H,33,40). The third-order valence-electron chi connectivity index (χ3n) is 6.64. The number of benzene rings is 2. The smallest absolute Gasteiger partial charge is 0.407 e. The minimum Gasteiger partial charge on any atom is -0.444 e. The van der Waals surface area contributed by atoms with Crippen LogP contribution in [-0.2, 0) is 11.3 Å². The number of amides is 2. The molecule has 0 aliphatic heterocycles.